The van der Waals surface area contributed by atoms with Gasteiger partial charge in [-0.2, -0.15) is 0 Å². The average Bonchev–Trinajstić information content (AvgIpc) is 2.38. The van der Waals surface area contributed by atoms with Gasteiger partial charge in [-0.05, 0) is 12.8 Å². The van der Waals surface area contributed by atoms with E-state index in [2.05, 4.69) is 0 Å². The highest BCUT2D eigenvalue weighted by Gasteiger charge is 2.45. The Morgan fingerprint density at radius 3 is 2.05 bits per heavy atom. The second-order valence-electron chi connectivity index (χ2n) is 5.23. The Morgan fingerprint density at radius 1 is 1.11 bits per heavy atom. The van der Waals surface area contributed by atoms with Crippen LogP contribution in [-0.4, -0.2) is 58.9 Å². The number of likely N-dealkylation sites (N-methyl/N-ethyl adjacent to an activating group) is 2. The molecular formula is C13H22N2O4. The van der Waals surface area contributed by atoms with E-state index < -0.39 is 11.5 Å². The third-order valence-electron chi connectivity index (χ3n) is 4.00. The maximum absolute atomic E-state index is 12.1. The third kappa shape index (κ3) is 3.24. The van der Waals surface area contributed by atoms with E-state index in [9.17, 15) is 19.5 Å². The molecule has 0 aromatic carbocycles. The van der Waals surface area contributed by atoms with Crippen LogP contribution in [0.25, 0.3) is 0 Å². The van der Waals surface area contributed by atoms with Gasteiger partial charge in [-0.1, -0.05) is 19.3 Å². The monoisotopic (exact) mass is 270 g/mol. The lowest BCUT2D eigenvalue weighted by molar-refractivity contribution is -0.161. The number of aliphatic carboxylic acids is 1. The number of hydrogen-bond acceptors (Lipinski definition) is 3. The van der Waals surface area contributed by atoms with Crippen molar-refractivity contribution in [3.05, 3.63) is 0 Å². The maximum atomic E-state index is 12.1. The lowest BCUT2D eigenvalue weighted by Crippen LogP contribution is -2.58. The van der Waals surface area contributed by atoms with Crippen LogP contribution in [0.5, 0.6) is 0 Å². The molecule has 0 heterocycles. The number of carbonyl (C=O) groups excluding carboxylic acids is 2. The molecule has 0 aromatic heterocycles. The summed E-state index contributed by atoms with van der Waals surface area (Å²) in [5.74, 6) is -1.50. The lowest BCUT2D eigenvalue weighted by atomic mass is 9.80. The fraction of sp³-hybridized carbons (Fsp3) is 0.769. The first kappa shape index (κ1) is 15.5. The van der Waals surface area contributed by atoms with Crippen LogP contribution < -0.4 is 0 Å². The summed E-state index contributed by atoms with van der Waals surface area (Å²) >= 11 is 0. The van der Waals surface area contributed by atoms with Crippen molar-refractivity contribution in [1.82, 2.24) is 9.80 Å². The molecule has 6 nitrogen and oxygen atoms in total. The summed E-state index contributed by atoms with van der Waals surface area (Å²) < 4.78 is 0. The van der Waals surface area contributed by atoms with E-state index in [0.717, 1.165) is 19.3 Å². The van der Waals surface area contributed by atoms with Gasteiger partial charge < -0.3 is 14.9 Å². The molecule has 0 bridgehead atoms. The summed E-state index contributed by atoms with van der Waals surface area (Å²) in [5, 5.41) is 9.48. The average molecular weight is 270 g/mol. The summed E-state index contributed by atoms with van der Waals surface area (Å²) in [7, 11) is 3.05. The van der Waals surface area contributed by atoms with Gasteiger partial charge in [-0.3, -0.25) is 9.59 Å². The SMILES string of the molecule is CC(=O)N(C)CC(=O)N(C)C1(C(=O)O)CCCCC1. The smallest absolute Gasteiger partial charge is 0.329 e. The van der Waals surface area contributed by atoms with Crippen LogP contribution in [0.2, 0.25) is 0 Å². The Balaban J connectivity index is 2.82. The number of carboxylic acid groups (broad SMARTS) is 1. The van der Waals surface area contributed by atoms with E-state index in [4.69, 9.17) is 0 Å². The van der Waals surface area contributed by atoms with E-state index in [-0.39, 0.29) is 18.4 Å². The minimum Gasteiger partial charge on any atom is -0.479 e. The van der Waals surface area contributed by atoms with Crippen molar-refractivity contribution >= 4 is 17.8 Å². The molecule has 108 valence electrons. The molecule has 0 spiro atoms. The number of amides is 2. The Labute approximate surface area is 113 Å². The Morgan fingerprint density at radius 2 is 1.63 bits per heavy atom. The molecule has 1 saturated carbocycles. The summed E-state index contributed by atoms with van der Waals surface area (Å²) in [6.45, 7) is 1.29. The summed E-state index contributed by atoms with van der Waals surface area (Å²) in [6.07, 6.45) is 3.59. The second-order valence-corrected chi connectivity index (χ2v) is 5.23. The van der Waals surface area contributed by atoms with Gasteiger partial charge in [0.15, 0.2) is 0 Å². The Kier molecular flexibility index (Phi) is 4.91. The topological polar surface area (TPSA) is 77.9 Å². The molecule has 0 radical (unpaired) electrons. The lowest BCUT2D eigenvalue weighted by Gasteiger charge is -2.41. The standard InChI is InChI=1S/C13H22N2O4/c1-10(16)14(2)9-11(17)15(3)13(12(18)19)7-5-4-6-8-13/h4-9H2,1-3H3,(H,18,19). The molecule has 0 aliphatic heterocycles. The van der Waals surface area contributed by atoms with Gasteiger partial charge in [-0.25, -0.2) is 4.79 Å². The molecule has 6 heteroatoms. The predicted octanol–water partition coefficient (Wildman–Crippen LogP) is 0.711. The fourth-order valence-electron chi connectivity index (χ4n) is 2.49. The maximum Gasteiger partial charge on any atom is 0.329 e. The molecule has 1 aliphatic carbocycles. The highest BCUT2D eigenvalue weighted by Crippen LogP contribution is 2.33. The zero-order valence-corrected chi connectivity index (χ0v) is 11.8. The molecule has 19 heavy (non-hydrogen) atoms. The summed E-state index contributed by atoms with van der Waals surface area (Å²) in [5.41, 5.74) is -1.10. The number of nitrogens with zero attached hydrogens (tertiary/aromatic N) is 2. The predicted molar refractivity (Wildman–Crippen MR) is 69.5 cm³/mol. The first-order valence-electron chi connectivity index (χ1n) is 6.53. The molecule has 1 aliphatic rings. The van der Waals surface area contributed by atoms with E-state index in [1.165, 1.54) is 30.8 Å². The number of carboxylic acids is 1. The highest BCUT2D eigenvalue weighted by molar-refractivity contribution is 5.89. The van der Waals surface area contributed by atoms with Gasteiger partial charge in [-0.15, -0.1) is 0 Å². The van der Waals surface area contributed by atoms with Crippen LogP contribution in [0.3, 0.4) is 0 Å². The van der Waals surface area contributed by atoms with Crippen molar-refractivity contribution in [2.24, 2.45) is 0 Å². The molecule has 0 unspecified atom stereocenters. The number of hydrogen-bond donors (Lipinski definition) is 1. The van der Waals surface area contributed by atoms with Gasteiger partial charge in [0.25, 0.3) is 0 Å². The van der Waals surface area contributed by atoms with Crippen molar-refractivity contribution in [2.45, 2.75) is 44.6 Å². The second kappa shape index (κ2) is 6.04. The quantitative estimate of drug-likeness (QED) is 0.816. The molecule has 0 atom stereocenters. The molecule has 1 rings (SSSR count). The molecule has 1 N–H and O–H groups in total. The van der Waals surface area contributed by atoms with Gasteiger partial charge in [0.1, 0.15) is 5.54 Å². The minimum absolute atomic E-state index is 0.0825. The van der Waals surface area contributed by atoms with E-state index in [1.54, 1.807) is 0 Å². The summed E-state index contributed by atoms with van der Waals surface area (Å²) in [4.78, 5) is 37.4. The number of carbonyl (C=O) groups is 3. The van der Waals surface area contributed by atoms with Crippen molar-refractivity contribution in [3.8, 4) is 0 Å². The van der Waals surface area contributed by atoms with Crippen LogP contribution >= 0.6 is 0 Å². The van der Waals surface area contributed by atoms with Crippen molar-refractivity contribution in [3.63, 3.8) is 0 Å². The highest BCUT2D eigenvalue weighted by atomic mass is 16.4. The van der Waals surface area contributed by atoms with Crippen LogP contribution in [0.1, 0.15) is 39.0 Å². The van der Waals surface area contributed by atoms with Crippen molar-refractivity contribution in [2.75, 3.05) is 20.6 Å². The zero-order chi connectivity index (χ0) is 14.6. The van der Waals surface area contributed by atoms with Gasteiger partial charge >= 0.3 is 5.97 Å². The van der Waals surface area contributed by atoms with E-state index >= 15 is 0 Å². The van der Waals surface area contributed by atoms with Crippen molar-refractivity contribution < 1.29 is 19.5 Å². The largest absolute Gasteiger partial charge is 0.479 e. The van der Waals surface area contributed by atoms with Crippen LogP contribution in [0.15, 0.2) is 0 Å². The third-order valence-corrected chi connectivity index (χ3v) is 4.00. The first-order chi connectivity index (χ1) is 8.81. The zero-order valence-electron chi connectivity index (χ0n) is 11.8. The van der Waals surface area contributed by atoms with Gasteiger partial charge in [0.05, 0.1) is 6.54 Å². The molecule has 1 fully saturated rings. The molecule has 2 amide bonds. The summed E-state index contributed by atoms with van der Waals surface area (Å²) in [6, 6.07) is 0. The normalized spacial score (nSPS) is 17.6. The molecular weight excluding hydrogens is 248 g/mol. The fourth-order valence-corrected chi connectivity index (χ4v) is 2.49. The molecule has 0 saturated heterocycles. The first-order valence-corrected chi connectivity index (χ1v) is 6.53. The van der Waals surface area contributed by atoms with E-state index in [0.29, 0.717) is 12.8 Å². The minimum atomic E-state index is -1.10. The van der Waals surface area contributed by atoms with E-state index in [1.807, 2.05) is 0 Å². The Hall–Kier alpha value is -1.59. The van der Waals surface area contributed by atoms with Crippen LogP contribution in [-0.2, 0) is 14.4 Å². The van der Waals surface area contributed by atoms with Gasteiger partial charge in [0, 0.05) is 21.0 Å². The van der Waals surface area contributed by atoms with Crippen molar-refractivity contribution in [1.29, 1.82) is 0 Å². The number of rotatable bonds is 4. The van der Waals surface area contributed by atoms with Crippen LogP contribution in [0, 0.1) is 0 Å². The molecule has 0 aromatic rings. The van der Waals surface area contributed by atoms with Gasteiger partial charge in [0.2, 0.25) is 11.8 Å². The van der Waals surface area contributed by atoms with Crippen LogP contribution in [0.4, 0.5) is 0 Å². The Bertz CT molecular complexity index is 375.